The van der Waals surface area contributed by atoms with Crippen molar-refractivity contribution in [3.8, 4) is 5.75 Å². The maximum atomic E-state index is 13.0. The summed E-state index contributed by atoms with van der Waals surface area (Å²) in [5.74, 6) is -0.312. The van der Waals surface area contributed by atoms with Crippen molar-refractivity contribution < 1.29 is 13.9 Å². The van der Waals surface area contributed by atoms with Crippen LogP contribution < -0.4 is 15.8 Å². The van der Waals surface area contributed by atoms with Gasteiger partial charge < -0.3 is 15.8 Å². The van der Waals surface area contributed by atoms with Crippen LogP contribution in [0.1, 0.15) is 10.4 Å². The minimum absolute atomic E-state index is 0.0584. The zero-order valence-electron chi connectivity index (χ0n) is 11.1. The van der Waals surface area contributed by atoms with Crippen molar-refractivity contribution in [2.75, 3.05) is 18.5 Å². The Morgan fingerprint density at radius 2 is 2.10 bits per heavy atom. The molecule has 21 heavy (non-hydrogen) atoms. The van der Waals surface area contributed by atoms with E-state index in [1.165, 1.54) is 12.1 Å². The predicted octanol–water partition coefficient (Wildman–Crippen LogP) is 3.07. The summed E-state index contributed by atoms with van der Waals surface area (Å²) < 4.78 is 18.3. The summed E-state index contributed by atoms with van der Waals surface area (Å²) in [6.07, 6.45) is 0. The monoisotopic (exact) mass is 308 g/mol. The molecule has 0 fully saturated rings. The molecule has 3 N–H and O–H groups in total. The van der Waals surface area contributed by atoms with E-state index in [2.05, 4.69) is 5.32 Å². The Balaban J connectivity index is 2.12. The lowest BCUT2D eigenvalue weighted by Crippen LogP contribution is -2.13. The number of rotatable bonds is 5. The first-order valence-corrected chi connectivity index (χ1v) is 6.67. The highest BCUT2D eigenvalue weighted by molar-refractivity contribution is 6.34. The van der Waals surface area contributed by atoms with E-state index in [1.807, 2.05) is 0 Å². The van der Waals surface area contributed by atoms with E-state index in [0.717, 1.165) is 6.07 Å². The average molecular weight is 309 g/mol. The van der Waals surface area contributed by atoms with Gasteiger partial charge in [0.05, 0.1) is 10.6 Å². The molecule has 0 bridgehead atoms. The van der Waals surface area contributed by atoms with Crippen molar-refractivity contribution in [3.05, 3.63) is 58.9 Å². The van der Waals surface area contributed by atoms with E-state index in [4.69, 9.17) is 22.1 Å². The molecule has 0 saturated carbocycles. The molecule has 6 heteroatoms. The number of nitrogens with one attached hydrogen (secondary N) is 1. The first-order chi connectivity index (χ1) is 10.1. The van der Waals surface area contributed by atoms with Crippen LogP contribution in [0.15, 0.2) is 42.5 Å². The van der Waals surface area contributed by atoms with Crippen molar-refractivity contribution in [3.63, 3.8) is 0 Å². The van der Waals surface area contributed by atoms with Gasteiger partial charge in [0.2, 0.25) is 0 Å². The van der Waals surface area contributed by atoms with Gasteiger partial charge in [0.1, 0.15) is 18.2 Å². The van der Waals surface area contributed by atoms with Gasteiger partial charge in [0, 0.05) is 18.3 Å². The molecule has 0 aliphatic rings. The highest BCUT2D eigenvalue weighted by atomic mass is 35.5. The van der Waals surface area contributed by atoms with Gasteiger partial charge in [-0.25, -0.2) is 4.39 Å². The quantitative estimate of drug-likeness (QED) is 0.892. The van der Waals surface area contributed by atoms with Crippen molar-refractivity contribution in [1.29, 1.82) is 0 Å². The molecule has 2 rings (SSSR count). The molecule has 0 aliphatic heterocycles. The molecule has 0 heterocycles. The summed E-state index contributed by atoms with van der Waals surface area (Å²) in [6, 6.07) is 10.5. The maximum absolute atomic E-state index is 13.0. The molecule has 0 atom stereocenters. The molecule has 0 unspecified atom stereocenters. The van der Waals surface area contributed by atoms with E-state index in [9.17, 15) is 9.18 Å². The number of nitrogens with two attached hydrogens (primary N) is 1. The van der Waals surface area contributed by atoms with Crippen molar-refractivity contribution in [2.45, 2.75) is 0 Å². The highest BCUT2D eigenvalue weighted by Crippen LogP contribution is 2.21. The second kappa shape index (κ2) is 7.06. The third-order valence-electron chi connectivity index (χ3n) is 2.65. The minimum Gasteiger partial charge on any atom is -0.492 e. The summed E-state index contributed by atoms with van der Waals surface area (Å²) in [7, 11) is 0. The largest absolute Gasteiger partial charge is 0.492 e. The van der Waals surface area contributed by atoms with Crippen molar-refractivity contribution >= 4 is 23.2 Å². The topological polar surface area (TPSA) is 64.3 Å². The van der Waals surface area contributed by atoms with Crippen molar-refractivity contribution in [1.82, 2.24) is 0 Å². The van der Waals surface area contributed by atoms with Gasteiger partial charge in [-0.1, -0.05) is 17.7 Å². The number of halogens is 2. The molecule has 2 aromatic rings. The number of benzene rings is 2. The van der Waals surface area contributed by atoms with Crippen LogP contribution in [0.5, 0.6) is 5.75 Å². The number of amides is 1. The predicted molar refractivity (Wildman–Crippen MR) is 80.4 cm³/mol. The van der Waals surface area contributed by atoms with E-state index >= 15 is 0 Å². The lowest BCUT2D eigenvalue weighted by atomic mass is 10.2. The molecule has 110 valence electrons. The fourth-order valence-corrected chi connectivity index (χ4v) is 1.97. The van der Waals surface area contributed by atoms with Crippen LogP contribution in [0.4, 0.5) is 10.1 Å². The fraction of sp³-hybridized carbons (Fsp3) is 0.133. The second-order valence-corrected chi connectivity index (χ2v) is 4.65. The zero-order valence-corrected chi connectivity index (χ0v) is 11.9. The Labute approximate surface area is 126 Å². The van der Waals surface area contributed by atoms with Gasteiger partial charge in [0.25, 0.3) is 5.91 Å². The molecule has 0 spiro atoms. The molecule has 0 saturated heterocycles. The normalized spacial score (nSPS) is 10.2. The van der Waals surface area contributed by atoms with Crippen LogP contribution in [0.25, 0.3) is 0 Å². The molecule has 2 aromatic carbocycles. The third kappa shape index (κ3) is 4.18. The van der Waals surface area contributed by atoms with E-state index in [-0.39, 0.29) is 10.6 Å². The van der Waals surface area contributed by atoms with Crippen LogP contribution in [0, 0.1) is 5.82 Å². The Kier molecular flexibility index (Phi) is 5.14. The van der Waals surface area contributed by atoms with Crippen LogP contribution in [0.2, 0.25) is 5.02 Å². The Hall–Kier alpha value is -2.11. The molecule has 0 aromatic heterocycles. The summed E-state index contributed by atoms with van der Waals surface area (Å²) in [5.41, 5.74) is 6.11. The lowest BCUT2D eigenvalue weighted by molar-refractivity contribution is 0.102. The number of hydrogen-bond donors (Lipinski definition) is 2. The number of carbonyl (C=O) groups excluding carboxylic acids is 1. The van der Waals surface area contributed by atoms with Crippen LogP contribution in [-0.2, 0) is 0 Å². The number of anilines is 1. The number of carbonyl (C=O) groups is 1. The smallest absolute Gasteiger partial charge is 0.257 e. The van der Waals surface area contributed by atoms with Crippen molar-refractivity contribution in [2.24, 2.45) is 5.73 Å². The second-order valence-electron chi connectivity index (χ2n) is 4.24. The maximum Gasteiger partial charge on any atom is 0.257 e. The Morgan fingerprint density at radius 1 is 1.29 bits per heavy atom. The van der Waals surface area contributed by atoms with Gasteiger partial charge in [-0.05, 0) is 30.3 Å². The van der Waals surface area contributed by atoms with Gasteiger partial charge in [-0.3, -0.25) is 4.79 Å². The van der Waals surface area contributed by atoms with E-state index in [0.29, 0.717) is 24.6 Å². The minimum atomic E-state index is -0.492. The first-order valence-electron chi connectivity index (χ1n) is 6.29. The standard InChI is InChI=1S/C15H14ClFN2O2/c16-14-8-10(17)4-5-13(14)15(20)19-11-2-1-3-12(9-11)21-7-6-18/h1-5,8-9H,6-7,18H2,(H,19,20). The Morgan fingerprint density at radius 3 is 2.81 bits per heavy atom. The molecular formula is C15H14ClFN2O2. The summed E-state index contributed by atoms with van der Waals surface area (Å²) in [6.45, 7) is 0.795. The summed E-state index contributed by atoms with van der Waals surface area (Å²) in [4.78, 5) is 12.1. The van der Waals surface area contributed by atoms with E-state index < -0.39 is 11.7 Å². The Bertz CT molecular complexity index is 649. The van der Waals surface area contributed by atoms with E-state index in [1.54, 1.807) is 24.3 Å². The summed E-state index contributed by atoms with van der Waals surface area (Å²) >= 11 is 5.85. The van der Waals surface area contributed by atoms with Gasteiger partial charge in [0.15, 0.2) is 0 Å². The fourth-order valence-electron chi connectivity index (χ4n) is 1.71. The molecule has 0 radical (unpaired) electrons. The molecular weight excluding hydrogens is 295 g/mol. The van der Waals surface area contributed by atoms with Gasteiger partial charge in [-0.2, -0.15) is 0 Å². The highest BCUT2D eigenvalue weighted by Gasteiger charge is 2.11. The van der Waals surface area contributed by atoms with Crippen LogP contribution >= 0.6 is 11.6 Å². The van der Waals surface area contributed by atoms with Gasteiger partial charge >= 0.3 is 0 Å². The number of hydrogen-bond acceptors (Lipinski definition) is 3. The first kappa shape index (κ1) is 15.3. The molecule has 0 aliphatic carbocycles. The summed E-state index contributed by atoms with van der Waals surface area (Å²) in [5, 5.41) is 2.74. The van der Waals surface area contributed by atoms with Crippen LogP contribution in [-0.4, -0.2) is 19.1 Å². The molecule has 4 nitrogen and oxygen atoms in total. The molecule has 1 amide bonds. The average Bonchev–Trinajstić information content (AvgIpc) is 2.45. The van der Waals surface area contributed by atoms with Crippen LogP contribution in [0.3, 0.4) is 0 Å². The SMILES string of the molecule is NCCOc1cccc(NC(=O)c2ccc(F)cc2Cl)c1. The third-order valence-corrected chi connectivity index (χ3v) is 2.97. The lowest BCUT2D eigenvalue weighted by Gasteiger charge is -2.09. The number of ether oxygens (including phenoxy) is 1. The zero-order chi connectivity index (χ0) is 15.2. The van der Waals surface area contributed by atoms with Gasteiger partial charge in [-0.15, -0.1) is 0 Å².